The van der Waals surface area contributed by atoms with Gasteiger partial charge in [-0.3, -0.25) is 4.79 Å². The van der Waals surface area contributed by atoms with Gasteiger partial charge in [0.25, 0.3) is 5.91 Å². The van der Waals surface area contributed by atoms with Crippen molar-refractivity contribution in [1.82, 2.24) is 5.43 Å². The van der Waals surface area contributed by atoms with Gasteiger partial charge in [0, 0.05) is 20.3 Å². The van der Waals surface area contributed by atoms with Crippen molar-refractivity contribution in [1.29, 1.82) is 0 Å². The second-order valence-corrected chi connectivity index (χ2v) is 6.05. The largest absolute Gasteiger partial charge is 0.508 e. The molecule has 22 heavy (non-hydrogen) atoms. The van der Waals surface area contributed by atoms with Crippen LogP contribution in [0.5, 0.6) is 11.5 Å². The first-order valence-corrected chi connectivity index (χ1v) is 7.59. The molecule has 0 aromatic heterocycles. The monoisotopic (exact) mass is 410 g/mol. The van der Waals surface area contributed by atoms with Crippen molar-refractivity contribution in [3.05, 3.63) is 56.2 Å². The normalized spacial score (nSPS) is 10.9. The van der Waals surface area contributed by atoms with Crippen molar-refractivity contribution in [2.75, 3.05) is 0 Å². The molecule has 0 saturated carbocycles. The van der Waals surface area contributed by atoms with Gasteiger partial charge in [0.05, 0.1) is 6.21 Å². The van der Waals surface area contributed by atoms with E-state index in [1.165, 1.54) is 12.3 Å². The molecule has 114 valence electrons. The predicted octanol–water partition coefficient (Wildman–Crippen LogP) is 3.08. The molecule has 0 atom stereocenters. The van der Waals surface area contributed by atoms with Gasteiger partial charge in [0.15, 0.2) is 0 Å². The summed E-state index contributed by atoms with van der Waals surface area (Å²) in [6.07, 6.45) is 1.36. The highest BCUT2D eigenvalue weighted by molar-refractivity contribution is 14.1. The van der Waals surface area contributed by atoms with Crippen LogP contribution in [-0.2, 0) is 0 Å². The van der Waals surface area contributed by atoms with Crippen LogP contribution in [0.1, 0.15) is 27.0 Å². The van der Waals surface area contributed by atoms with Crippen LogP contribution in [0.2, 0.25) is 0 Å². The molecular weight excluding hydrogens is 395 g/mol. The molecule has 0 unspecified atom stereocenters. The van der Waals surface area contributed by atoms with Crippen molar-refractivity contribution in [2.45, 2.75) is 13.8 Å². The van der Waals surface area contributed by atoms with Gasteiger partial charge in [-0.05, 0) is 72.3 Å². The smallest absolute Gasteiger partial charge is 0.271 e. The molecule has 6 heteroatoms. The molecule has 2 aromatic carbocycles. The number of halogens is 1. The van der Waals surface area contributed by atoms with Crippen LogP contribution >= 0.6 is 22.6 Å². The summed E-state index contributed by atoms with van der Waals surface area (Å²) in [5, 5.41) is 23.5. The summed E-state index contributed by atoms with van der Waals surface area (Å²) in [6, 6.07) is 8.62. The second-order valence-electron chi connectivity index (χ2n) is 4.81. The number of aromatic hydroxyl groups is 2. The fraction of sp³-hybridized carbons (Fsp3) is 0.125. The van der Waals surface area contributed by atoms with Crippen LogP contribution in [0.4, 0.5) is 0 Å². The van der Waals surface area contributed by atoms with Gasteiger partial charge in [-0.1, -0.05) is 0 Å². The van der Waals surface area contributed by atoms with E-state index in [-0.39, 0.29) is 17.4 Å². The van der Waals surface area contributed by atoms with E-state index in [2.05, 4.69) is 33.1 Å². The van der Waals surface area contributed by atoms with Crippen LogP contribution in [0.3, 0.4) is 0 Å². The average molecular weight is 410 g/mol. The molecule has 0 aliphatic rings. The van der Waals surface area contributed by atoms with Gasteiger partial charge in [-0.25, -0.2) is 5.43 Å². The average Bonchev–Trinajstić information content (AvgIpc) is 2.49. The maximum absolute atomic E-state index is 11.9. The van der Waals surface area contributed by atoms with E-state index in [9.17, 15) is 15.0 Å². The lowest BCUT2D eigenvalue weighted by atomic mass is 10.0. The Balaban J connectivity index is 2.15. The number of amides is 1. The molecular formula is C16H15IN2O3. The first-order valence-electron chi connectivity index (χ1n) is 6.51. The zero-order chi connectivity index (χ0) is 16.3. The molecule has 0 radical (unpaired) electrons. The summed E-state index contributed by atoms with van der Waals surface area (Å²) in [5.41, 5.74) is 4.40. The number of phenols is 2. The standard InChI is InChI=1S/C16H15IN2O3/c1-9-7-14(20)10(2)15(21)13(9)8-18-19-16(22)11-3-5-12(17)6-4-11/h3-8,20-21H,1-2H3,(H,19,22)/b18-8+. The molecule has 0 bridgehead atoms. The molecule has 0 fully saturated rings. The fourth-order valence-electron chi connectivity index (χ4n) is 1.89. The van der Waals surface area contributed by atoms with Crippen LogP contribution < -0.4 is 5.43 Å². The molecule has 1 amide bonds. The number of hydrogen-bond acceptors (Lipinski definition) is 4. The Hall–Kier alpha value is -2.09. The van der Waals surface area contributed by atoms with E-state index in [4.69, 9.17) is 0 Å². The number of benzene rings is 2. The van der Waals surface area contributed by atoms with Gasteiger partial charge in [0.2, 0.25) is 0 Å². The summed E-state index contributed by atoms with van der Waals surface area (Å²) >= 11 is 2.16. The first-order chi connectivity index (χ1) is 10.4. The molecule has 0 aliphatic heterocycles. The van der Waals surface area contributed by atoms with Crippen molar-refractivity contribution in [2.24, 2.45) is 5.10 Å². The number of hydrogen-bond donors (Lipinski definition) is 3. The van der Waals surface area contributed by atoms with Gasteiger partial charge in [-0.15, -0.1) is 0 Å². The SMILES string of the molecule is Cc1cc(O)c(C)c(O)c1/C=N/NC(=O)c1ccc(I)cc1. The Morgan fingerprint density at radius 1 is 1.23 bits per heavy atom. The summed E-state index contributed by atoms with van der Waals surface area (Å²) < 4.78 is 1.04. The predicted molar refractivity (Wildman–Crippen MR) is 93.5 cm³/mol. The first kappa shape index (κ1) is 16.3. The van der Waals surface area contributed by atoms with Crippen LogP contribution in [0.15, 0.2) is 35.4 Å². The van der Waals surface area contributed by atoms with Gasteiger partial charge >= 0.3 is 0 Å². The topological polar surface area (TPSA) is 81.9 Å². The van der Waals surface area contributed by atoms with Crippen molar-refractivity contribution in [3.8, 4) is 11.5 Å². The lowest BCUT2D eigenvalue weighted by Gasteiger charge is -2.08. The summed E-state index contributed by atoms with van der Waals surface area (Å²) in [6.45, 7) is 3.34. The van der Waals surface area contributed by atoms with E-state index >= 15 is 0 Å². The van der Waals surface area contributed by atoms with Crippen molar-refractivity contribution in [3.63, 3.8) is 0 Å². The molecule has 2 rings (SSSR count). The molecule has 3 N–H and O–H groups in total. The molecule has 0 saturated heterocycles. The van der Waals surface area contributed by atoms with Crippen molar-refractivity contribution >= 4 is 34.7 Å². The van der Waals surface area contributed by atoms with Crippen molar-refractivity contribution < 1.29 is 15.0 Å². The minimum atomic E-state index is -0.333. The quantitative estimate of drug-likeness (QED) is 0.413. The third kappa shape index (κ3) is 3.56. The minimum Gasteiger partial charge on any atom is -0.508 e. The summed E-state index contributed by atoms with van der Waals surface area (Å²) in [7, 11) is 0. The maximum atomic E-state index is 11.9. The van der Waals surface area contributed by atoms with Gasteiger partial charge in [-0.2, -0.15) is 5.10 Å². The number of aryl methyl sites for hydroxylation is 1. The van der Waals surface area contributed by atoms with E-state index in [1.807, 2.05) is 12.1 Å². The Morgan fingerprint density at radius 3 is 2.50 bits per heavy atom. The lowest BCUT2D eigenvalue weighted by Crippen LogP contribution is -2.17. The van der Waals surface area contributed by atoms with E-state index in [0.29, 0.717) is 22.3 Å². The Labute approximate surface area is 141 Å². The number of carbonyl (C=O) groups is 1. The van der Waals surface area contributed by atoms with E-state index in [1.54, 1.807) is 26.0 Å². The number of nitrogens with one attached hydrogen (secondary N) is 1. The van der Waals surface area contributed by atoms with Crippen LogP contribution in [-0.4, -0.2) is 22.3 Å². The molecule has 0 heterocycles. The zero-order valence-electron chi connectivity index (χ0n) is 12.1. The Bertz CT molecular complexity index is 740. The number of hydrazone groups is 1. The number of nitrogens with zero attached hydrogens (tertiary/aromatic N) is 1. The van der Waals surface area contributed by atoms with Crippen LogP contribution in [0.25, 0.3) is 0 Å². The Morgan fingerprint density at radius 2 is 1.86 bits per heavy atom. The zero-order valence-corrected chi connectivity index (χ0v) is 14.2. The molecule has 2 aromatic rings. The molecule has 5 nitrogen and oxygen atoms in total. The lowest BCUT2D eigenvalue weighted by molar-refractivity contribution is 0.0955. The molecule has 0 spiro atoms. The number of carbonyl (C=O) groups excluding carboxylic acids is 1. The highest BCUT2D eigenvalue weighted by Crippen LogP contribution is 2.31. The van der Waals surface area contributed by atoms with Gasteiger partial charge in [0.1, 0.15) is 11.5 Å². The van der Waals surface area contributed by atoms with Crippen LogP contribution in [0, 0.1) is 17.4 Å². The number of rotatable bonds is 3. The third-order valence-electron chi connectivity index (χ3n) is 3.24. The summed E-state index contributed by atoms with van der Waals surface area (Å²) in [4.78, 5) is 11.9. The highest BCUT2D eigenvalue weighted by atomic mass is 127. The maximum Gasteiger partial charge on any atom is 0.271 e. The van der Waals surface area contributed by atoms with E-state index in [0.717, 1.165) is 3.57 Å². The Kier molecular flexibility index (Phi) is 5.02. The minimum absolute atomic E-state index is 0.0232. The molecule has 0 aliphatic carbocycles. The summed E-state index contributed by atoms with van der Waals surface area (Å²) in [5.74, 6) is -0.361. The number of phenolic OH excluding ortho intramolecular Hbond substituents is 2. The second kappa shape index (κ2) is 6.78. The van der Waals surface area contributed by atoms with Gasteiger partial charge < -0.3 is 10.2 Å². The third-order valence-corrected chi connectivity index (χ3v) is 3.96. The highest BCUT2D eigenvalue weighted by Gasteiger charge is 2.10. The fourth-order valence-corrected chi connectivity index (χ4v) is 2.24. The van der Waals surface area contributed by atoms with E-state index < -0.39 is 0 Å².